The van der Waals surface area contributed by atoms with E-state index >= 15 is 0 Å². The minimum absolute atomic E-state index is 0. The van der Waals surface area contributed by atoms with Crippen LogP contribution in [0.5, 0.6) is 0 Å². The number of rotatable bonds is 4. The normalized spacial score (nSPS) is 22.3. The molecule has 174 valence electrons. The zero-order valence-corrected chi connectivity index (χ0v) is 22.3. The Balaban J connectivity index is 0.00000272. The first-order valence-corrected chi connectivity index (χ1v) is 12.7. The molecule has 1 aromatic heterocycles. The Hall–Kier alpha value is -0.740. The Kier molecular flexibility index (Phi) is 9.58. The van der Waals surface area contributed by atoms with Gasteiger partial charge in [-0.1, -0.05) is 25.3 Å². The number of halogens is 1. The van der Waals surface area contributed by atoms with E-state index in [4.69, 9.17) is 9.98 Å². The van der Waals surface area contributed by atoms with E-state index in [0.717, 1.165) is 57.6 Å². The first kappa shape index (κ1) is 24.9. The molecule has 3 aliphatic rings. The molecule has 0 amide bonds. The number of thioether (sulfide) groups is 1. The highest BCUT2D eigenvalue weighted by atomic mass is 127. The van der Waals surface area contributed by atoms with Crippen molar-refractivity contribution in [1.29, 1.82) is 0 Å². The molecule has 0 bridgehead atoms. The van der Waals surface area contributed by atoms with Crippen LogP contribution in [0.25, 0.3) is 0 Å². The van der Waals surface area contributed by atoms with Crippen LogP contribution in [-0.4, -0.2) is 84.1 Å². The number of anilines is 1. The molecule has 3 heterocycles. The van der Waals surface area contributed by atoms with E-state index in [2.05, 4.69) is 57.9 Å². The summed E-state index contributed by atoms with van der Waals surface area (Å²) in [6.07, 6.45) is 8.93. The van der Waals surface area contributed by atoms with E-state index in [1.165, 1.54) is 43.4 Å². The van der Waals surface area contributed by atoms with E-state index in [-0.39, 0.29) is 24.0 Å². The molecule has 2 aliphatic heterocycles. The van der Waals surface area contributed by atoms with Crippen LogP contribution < -0.4 is 10.2 Å². The van der Waals surface area contributed by atoms with Crippen molar-refractivity contribution in [3.8, 4) is 0 Å². The molecule has 8 heteroatoms. The van der Waals surface area contributed by atoms with E-state index in [9.17, 15) is 0 Å². The van der Waals surface area contributed by atoms with Crippen molar-refractivity contribution in [1.82, 2.24) is 20.1 Å². The van der Waals surface area contributed by atoms with Gasteiger partial charge in [-0.25, -0.2) is 9.98 Å². The molecular weight excluding hydrogens is 519 g/mol. The molecule has 0 aromatic carbocycles. The van der Waals surface area contributed by atoms with Gasteiger partial charge < -0.3 is 20.0 Å². The molecule has 4 rings (SSSR count). The molecule has 1 spiro atoms. The maximum Gasteiger partial charge on any atom is 0.194 e. The number of hydrogen-bond acceptors (Lipinski definition) is 5. The molecular formula is C23H39IN6S. The Morgan fingerprint density at radius 3 is 2.58 bits per heavy atom. The third kappa shape index (κ3) is 6.63. The lowest BCUT2D eigenvalue weighted by Crippen LogP contribution is -2.53. The first-order valence-electron chi connectivity index (χ1n) is 11.7. The van der Waals surface area contributed by atoms with Crippen molar-refractivity contribution in [3.63, 3.8) is 0 Å². The third-order valence-corrected chi connectivity index (χ3v) is 8.23. The molecule has 1 aromatic rings. The van der Waals surface area contributed by atoms with Crippen molar-refractivity contribution in [2.75, 3.05) is 63.5 Å². The number of nitrogens with one attached hydrogen (secondary N) is 1. The van der Waals surface area contributed by atoms with Gasteiger partial charge in [0.2, 0.25) is 0 Å². The van der Waals surface area contributed by atoms with Crippen molar-refractivity contribution in [3.05, 3.63) is 23.9 Å². The highest BCUT2D eigenvalue weighted by Crippen LogP contribution is 2.42. The maximum absolute atomic E-state index is 5.00. The number of aromatic nitrogens is 1. The second-order valence-electron chi connectivity index (χ2n) is 9.00. The maximum atomic E-state index is 5.00. The summed E-state index contributed by atoms with van der Waals surface area (Å²) in [6, 6.07) is 4.36. The fourth-order valence-electron chi connectivity index (χ4n) is 4.85. The first-order chi connectivity index (χ1) is 14.7. The highest BCUT2D eigenvalue weighted by molar-refractivity contribution is 14.0. The van der Waals surface area contributed by atoms with Crippen LogP contribution in [0.2, 0.25) is 0 Å². The number of nitrogens with zero attached hydrogens (tertiary/aromatic N) is 5. The molecule has 1 aliphatic carbocycles. The fraction of sp³-hybridized carbons (Fsp3) is 0.739. The van der Waals surface area contributed by atoms with E-state index in [1.807, 2.05) is 6.20 Å². The highest BCUT2D eigenvalue weighted by Gasteiger charge is 2.38. The molecule has 31 heavy (non-hydrogen) atoms. The summed E-state index contributed by atoms with van der Waals surface area (Å²) in [4.78, 5) is 17.0. The Morgan fingerprint density at radius 1 is 1.13 bits per heavy atom. The lowest BCUT2D eigenvalue weighted by Gasteiger charge is -2.45. The van der Waals surface area contributed by atoms with Gasteiger partial charge in [0, 0.05) is 62.5 Å². The molecule has 2 saturated heterocycles. The fourth-order valence-corrected chi connectivity index (χ4v) is 6.42. The van der Waals surface area contributed by atoms with Gasteiger partial charge in [0.15, 0.2) is 5.96 Å². The van der Waals surface area contributed by atoms with Crippen LogP contribution in [0.3, 0.4) is 0 Å². The van der Waals surface area contributed by atoms with Crippen LogP contribution in [0.4, 0.5) is 5.82 Å². The Bertz CT molecular complexity index is 693. The number of piperazine rings is 1. The average molecular weight is 559 g/mol. The zero-order valence-electron chi connectivity index (χ0n) is 19.2. The van der Waals surface area contributed by atoms with Crippen LogP contribution in [-0.2, 0) is 6.54 Å². The van der Waals surface area contributed by atoms with Crippen molar-refractivity contribution in [2.45, 2.75) is 50.3 Å². The number of hydrogen-bond donors (Lipinski definition) is 1. The second-order valence-corrected chi connectivity index (χ2v) is 10.6. The van der Waals surface area contributed by atoms with E-state index in [0.29, 0.717) is 11.3 Å². The van der Waals surface area contributed by atoms with Gasteiger partial charge in [-0.15, -0.1) is 24.0 Å². The van der Waals surface area contributed by atoms with Crippen LogP contribution in [0.15, 0.2) is 23.3 Å². The lowest BCUT2D eigenvalue weighted by molar-refractivity contribution is 0.293. The number of pyridine rings is 1. The summed E-state index contributed by atoms with van der Waals surface area (Å²) in [5.74, 6) is 3.38. The van der Waals surface area contributed by atoms with Crippen LogP contribution in [0.1, 0.15) is 44.6 Å². The SMILES string of the molecule is CCNC(=NCc1ccc(N2CCN(C)CC2)nc1)N1CCSC2(CCCCC2)C1.I. The largest absolute Gasteiger partial charge is 0.357 e. The summed E-state index contributed by atoms with van der Waals surface area (Å²) in [5, 5.41) is 3.55. The molecule has 1 N–H and O–H groups in total. The third-order valence-electron chi connectivity index (χ3n) is 6.70. The minimum Gasteiger partial charge on any atom is -0.357 e. The monoisotopic (exact) mass is 558 g/mol. The van der Waals surface area contributed by atoms with Gasteiger partial charge in [0.05, 0.1) is 6.54 Å². The summed E-state index contributed by atoms with van der Waals surface area (Å²) < 4.78 is 0.457. The van der Waals surface area contributed by atoms with Crippen molar-refractivity contribution >= 4 is 47.5 Å². The predicted octanol–water partition coefficient (Wildman–Crippen LogP) is 3.67. The Labute approximate surface area is 209 Å². The zero-order chi connectivity index (χ0) is 20.8. The second kappa shape index (κ2) is 11.9. The standard InChI is InChI=1S/C23H38N6S.HI/c1-3-24-22(29-15-16-30-23(19-29)9-5-4-6-10-23)26-18-20-7-8-21(25-17-20)28-13-11-27(2)12-14-28;/h7-8,17H,3-6,9-16,18-19H2,1-2H3,(H,24,26);1H. The van der Waals surface area contributed by atoms with Gasteiger partial charge >= 0.3 is 0 Å². The van der Waals surface area contributed by atoms with E-state index < -0.39 is 0 Å². The summed E-state index contributed by atoms with van der Waals surface area (Å²) in [6.45, 7) is 10.3. The molecule has 0 unspecified atom stereocenters. The smallest absolute Gasteiger partial charge is 0.194 e. The molecule has 3 fully saturated rings. The van der Waals surface area contributed by atoms with Gasteiger partial charge in [-0.05, 0) is 38.4 Å². The Morgan fingerprint density at radius 2 is 1.90 bits per heavy atom. The predicted molar refractivity (Wildman–Crippen MR) is 144 cm³/mol. The van der Waals surface area contributed by atoms with Crippen LogP contribution >= 0.6 is 35.7 Å². The minimum atomic E-state index is 0. The number of aliphatic imine (C=N–C) groups is 1. The summed E-state index contributed by atoms with van der Waals surface area (Å²) in [7, 11) is 2.19. The van der Waals surface area contributed by atoms with Crippen molar-refractivity contribution < 1.29 is 0 Å². The van der Waals surface area contributed by atoms with Gasteiger partial charge in [-0.2, -0.15) is 11.8 Å². The van der Waals surface area contributed by atoms with Crippen LogP contribution in [0, 0.1) is 0 Å². The lowest BCUT2D eigenvalue weighted by atomic mass is 9.87. The molecule has 0 atom stereocenters. The molecule has 6 nitrogen and oxygen atoms in total. The molecule has 0 radical (unpaired) electrons. The topological polar surface area (TPSA) is 47.0 Å². The van der Waals surface area contributed by atoms with Gasteiger partial charge in [-0.3, -0.25) is 0 Å². The summed E-state index contributed by atoms with van der Waals surface area (Å²) in [5.41, 5.74) is 1.18. The molecule has 1 saturated carbocycles. The number of guanidine groups is 1. The van der Waals surface area contributed by atoms with E-state index in [1.54, 1.807) is 0 Å². The average Bonchev–Trinajstić information content (AvgIpc) is 2.78. The van der Waals surface area contributed by atoms with Crippen molar-refractivity contribution in [2.24, 2.45) is 4.99 Å². The summed E-state index contributed by atoms with van der Waals surface area (Å²) >= 11 is 2.21. The van der Waals surface area contributed by atoms with Gasteiger partial charge in [0.25, 0.3) is 0 Å². The number of likely N-dealkylation sites (N-methyl/N-ethyl adjacent to an activating group) is 1. The quantitative estimate of drug-likeness (QED) is 0.346. The van der Waals surface area contributed by atoms with Gasteiger partial charge in [0.1, 0.15) is 5.82 Å².